The van der Waals surface area contributed by atoms with Crippen LogP contribution in [0.3, 0.4) is 0 Å². The number of carbonyl (C=O) groups is 1. The number of rotatable bonds is 4. The predicted octanol–water partition coefficient (Wildman–Crippen LogP) is 2.47. The minimum Gasteiger partial charge on any atom is -0.447 e. The van der Waals surface area contributed by atoms with Crippen molar-refractivity contribution in [1.82, 2.24) is 0 Å². The molecule has 0 radical (unpaired) electrons. The van der Waals surface area contributed by atoms with E-state index in [1.54, 1.807) is 23.6 Å². The third kappa shape index (κ3) is 2.86. The van der Waals surface area contributed by atoms with Crippen LogP contribution in [0.15, 0.2) is 46.0 Å². The van der Waals surface area contributed by atoms with E-state index in [0.717, 1.165) is 11.3 Å². The lowest BCUT2D eigenvalue weighted by Crippen LogP contribution is -2.23. The first-order valence-electron chi connectivity index (χ1n) is 6.09. The van der Waals surface area contributed by atoms with Crippen molar-refractivity contribution < 1.29 is 22.1 Å². The quantitative estimate of drug-likeness (QED) is 0.808. The number of benzene rings is 1. The zero-order valence-electron chi connectivity index (χ0n) is 10.8. The van der Waals surface area contributed by atoms with Crippen molar-refractivity contribution in [3.63, 3.8) is 0 Å². The molecule has 0 N–H and O–H groups in total. The predicted molar refractivity (Wildman–Crippen MR) is 77.3 cm³/mol. The van der Waals surface area contributed by atoms with Crippen LogP contribution in [0.25, 0.3) is 0 Å². The molecule has 1 aromatic heterocycles. The molecule has 1 aliphatic heterocycles. The molecular formula is C13H11NO5S2. The number of hydrogen-bond acceptors (Lipinski definition) is 6. The summed E-state index contributed by atoms with van der Waals surface area (Å²) in [6.45, 7) is 0.830. The summed E-state index contributed by atoms with van der Waals surface area (Å²) < 4.78 is 33.9. The van der Waals surface area contributed by atoms with Gasteiger partial charge in [-0.25, -0.2) is 4.79 Å². The Balaban J connectivity index is 1.77. The second-order valence-electron chi connectivity index (χ2n) is 4.23. The van der Waals surface area contributed by atoms with Gasteiger partial charge in [-0.1, -0.05) is 6.07 Å². The fourth-order valence-corrected chi connectivity index (χ4v) is 3.76. The van der Waals surface area contributed by atoms with E-state index in [4.69, 9.17) is 8.92 Å². The lowest BCUT2D eigenvalue weighted by atomic mass is 10.3. The number of nitrogens with zero attached hydrogens (tertiary/aromatic N) is 1. The van der Waals surface area contributed by atoms with E-state index in [1.165, 1.54) is 23.1 Å². The largest absolute Gasteiger partial charge is 0.447 e. The molecule has 2 aromatic rings. The van der Waals surface area contributed by atoms with Crippen LogP contribution in [0, 0.1) is 0 Å². The van der Waals surface area contributed by atoms with Crippen molar-refractivity contribution in [3.8, 4) is 5.75 Å². The summed E-state index contributed by atoms with van der Waals surface area (Å²) in [7, 11) is -3.80. The summed E-state index contributed by atoms with van der Waals surface area (Å²) >= 11 is 1.09. The van der Waals surface area contributed by atoms with E-state index in [2.05, 4.69) is 0 Å². The van der Waals surface area contributed by atoms with Crippen LogP contribution in [0.1, 0.15) is 0 Å². The topological polar surface area (TPSA) is 72.9 Å². The maximum atomic E-state index is 12.0. The van der Waals surface area contributed by atoms with Crippen molar-refractivity contribution in [2.75, 3.05) is 18.1 Å². The molecule has 0 atom stereocenters. The monoisotopic (exact) mass is 325 g/mol. The van der Waals surface area contributed by atoms with Gasteiger partial charge in [-0.05, 0) is 35.7 Å². The molecule has 0 unspecified atom stereocenters. The van der Waals surface area contributed by atoms with Gasteiger partial charge in [0.05, 0.1) is 6.54 Å². The van der Waals surface area contributed by atoms with Crippen molar-refractivity contribution in [3.05, 3.63) is 41.8 Å². The number of thiophene rings is 1. The standard InChI is InChI=1S/C13H11NO5S2/c15-13-14(7-8-18-13)10-3-5-11(6-4-10)19-21(16,17)12-2-1-9-20-12/h1-6,9H,7-8H2. The molecule has 0 spiro atoms. The zero-order chi connectivity index (χ0) is 14.9. The highest BCUT2D eigenvalue weighted by molar-refractivity contribution is 7.89. The van der Waals surface area contributed by atoms with Gasteiger partial charge in [0.2, 0.25) is 0 Å². The molecule has 2 heterocycles. The molecule has 1 aromatic carbocycles. The highest BCUT2D eigenvalue weighted by Crippen LogP contribution is 2.25. The Hall–Kier alpha value is -2.06. The summed E-state index contributed by atoms with van der Waals surface area (Å²) in [5.74, 6) is 0.194. The molecule has 1 amide bonds. The Kier molecular flexibility index (Phi) is 3.56. The molecule has 21 heavy (non-hydrogen) atoms. The highest BCUT2D eigenvalue weighted by atomic mass is 32.3. The number of hydrogen-bond donors (Lipinski definition) is 0. The number of anilines is 1. The minimum absolute atomic E-state index is 0.148. The first kappa shape index (κ1) is 13.9. The van der Waals surface area contributed by atoms with E-state index in [1.807, 2.05) is 0 Å². The van der Waals surface area contributed by atoms with E-state index in [9.17, 15) is 13.2 Å². The Morgan fingerprint density at radius 2 is 1.95 bits per heavy atom. The molecule has 3 rings (SSSR count). The van der Waals surface area contributed by atoms with Crippen LogP contribution in [0.4, 0.5) is 10.5 Å². The maximum absolute atomic E-state index is 12.0. The van der Waals surface area contributed by atoms with Crippen LogP contribution in [-0.4, -0.2) is 27.7 Å². The SMILES string of the molecule is O=C1OCCN1c1ccc(OS(=O)(=O)c2cccs2)cc1. The number of cyclic esters (lactones) is 1. The van der Waals surface area contributed by atoms with Gasteiger partial charge < -0.3 is 8.92 Å². The molecule has 1 fully saturated rings. The molecule has 0 saturated carbocycles. The minimum atomic E-state index is -3.80. The molecule has 0 bridgehead atoms. The van der Waals surface area contributed by atoms with E-state index in [-0.39, 0.29) is 9.96 Å². The summed E-state index contributed by atoms with van der Waals surface area (Å²) in [5.41, 5.74) is 0.637. The van der Waals surface area contributed by atoms with Crippen molar-refractivity contribution in [2.45, 2.75) is 4.21 Å². The van der Waals surface area contributed by atoms with Crippen LogP contribution < -0.4 is 9.08 Å². The average Bonchev–Trinajstić information content (AvgIpc) is 3.10. The highest BCUT2D eigenvalue weighted by Gasteiger charge is 2.24. The number of amides is 1. The molecule has 1 saturated heterocycles. The third-order valence-electron chi connectivity index (χ3n) is 2.86. The lowest BCUT2D eigenvalue weighted by molar-refractivity contribution is 0.181. The van der Waals surface area contributed by atoms with E-state index < -0.39 is 16.2 Å². The fraction of sp³-hybridized carbons (Fsp3) is 0.154. The molecule has 1 aliphatic rings. The molecular weight excluding hydrogens is 314 g/mol. The van der Waals surface area contributed by atoms with Crippen LogP contribution in [0.2, 0.25) is 0 Å². The Labute approximate surface area is 125 Å². The summed E-state index contributed by atoms with van der Waals surface area (Å²) in [6.07, 6.45) is -0.408. The van der Waals surface area contributed by atoms with Crippen molar-refractivity contribution in [1.29, 1.82) is 0 Å². The molecule has 110 valence electrons. The molecule has 6 nitrogen and oxygen atoms in total. The van der Waals surface area contributed by atoms with Gasteiger partial charge in [0.25, 0.3) is 0 Å². The summed E-state index contributed by atoms with van der Waals surface area (Å²) in [6, 6.07) is 9.37. The summed E-state index contributed by atoms with van der Waals surface area (Å²) in [5, 5.41) is 1.67. The molecule has 0 aliphatic carbocycles. The number of carbonyl (C=O) groups excluding carboxylic acids is 1. The van der Waals surface area contributed by atoms with Crippen molar-refractivity contribution in [2.24, 2.45) is 0 Å². The molecule has 8 heteroatoms. The average molecular weight is 325 g/mol. The van der Waals surface area contributed by atoms with Gasteiger partial charge in [0, 0.05) is 5.69 Å². The van der Waals surface area contributed by atoms with Crippen LogP contribution in [-0.2, 0) is 14.9 Å². The van der Waals surface area contributed by atoms with Gasteiger partial charge in [0.1, 0.15) is 12.4 Å². The smallest absolute Gasteiger partial charge is 0.414 e. The summed E-state index contributed by atoms with van der Waals surface area (Å²) in [4.78, 5) is 12.9. The lowest BCUT2D eigenvalue weighted by Gasteiger charge is -2.13. The van der Waals surface area contributed by atoms with Gasteiger partial charge in [-0.15, -0.1) is 11.3 Å². The maximum Gasteiger partial charge on any atom is 0.414 e. The fourth-order valence-electron chi connectivity index (χ4n) is 1.88. The second kappa shape index (κ2) is 5.38. The van der Waals surface area contributed by atoms with Gasteiger partial charge >= 0.3 is 16.2 Å². The van der Waals surface area contributed by atoms with Crippen molar-refractivity contribution >= 4 is 33.2 Å². The van der Waals surface area contributed by atoms with Crippen LogP contribution >= 0.6 is 11.3 Å². The van der Waals surface area contributed by atoms with Gasteiger partial charge in [0.15, 0.2) is 4.21 Å². The first-order chi connectivity index (χ1) is 10.1. The Bertz CT molecular complexity index is 737. The third-order valence-corrected chi connectivity index (χ3v) is 5.46. The van der Waals surface area contributed by atoms with E-state index in [0.29, 0.717) is 18.8 Å². The Morgan fingerprint density at radius 1 is 1.19 bits per heavy atom. The zero-order valence-corrected chi connectivity index (χ0v) is 12.4. The Morgan fingerprint density at radius 3 is 2.52 bits per heavy atom. The normalized spacial score (nSPS) is 15.0. The number of ether oxygens (including phenoxy) is 1. The second-order valence-corrected chi connectivity index (χ2v) is 6.95. The van der Waals surface area contributed by atoms with Crippen LogP contribution in [0.5, 0.6) is 5.75 Å². The first-order valence-corrected chi connectivity index (χ1v) is 8.37. The van der Waals surface area contributed by atoms with Gasteiger partial charge in [-0.2, -0.15) is 8.42 Å². The van der Waals surface area contributed by atoms with E-state index >= 15 is 0 Å². The van der Waals surface area contributed by atoms with Gasteiger partial charge in [-0.3, -0.25) is 4.90 Å².